The number of nitro groups is 1. The molecule has 2 atom stereocenters. The molecule has 6 nitrogen and oxygen atoms in total. The van der Waals surface area contributed by atoms with Gasteiger partial charge in [-0.05, 0) is 24.5 Å². The summed E-state index contributed by atoms with van der Waals surface area (Å²) in [4.78, 5) is 12.8. The Balaban J connectivity index is 2.33. The summed E-state index contributed by atoms with van der Waals surface area (Å²) in [7, 11) is 0. The fraction of sp³-hybridized carbons (Fsp3) is 0.500. The molecule has 0 spiro atoms. The molecule has 0 saturated carbocycles. The van der Waals surface area contributed by atoms with Crippen LogP contribution in [0.2, 0.25) is 0 Å². The third-order valence-electron chi connectivity index (χ3n) is 3.96. The molecule has 6 heteroatoms. The molecule has 0 aliphatic carbocycles. The van der Waals surface area contributed by atoms with Crippen LogP contribution < -0.4 is 10.6 Å². The van der Waals surface area contributed by atoms with Crippen LogP contribution in [0.1, 0.15) is 25.3 Å². The molecule has 1 aliphatic rings. The van der Waals surface area contributed by atoms with E-state index in [9.17, 15) is 10.1 Å². The fourth-order valence-electron chi connectivity index (χ4n) is 2.71. The number of piperidine rings is 1. The summed E-state index contributed by atoms with van der Waals surface area (Å²) in [6, 6.07) is 6.73. The first-order valence-electron chi connectivity index (χ1n) is 6.75. The van der Waals surface area contributed by atoms with Gasteiger partial charge in [-0.25, -0.2) is 0 Å². The molecule has 0 radical (unpaired) electrons. The van der Waals surface area contributed by atoms with Gasteiger partial charge in [0.1, 0.15) is 5.69 Å². The molecular weight excluding hydrogens is 256 g/mol. The SMILES string of the molecule is CCC1CN(c2ccc(C#N)cc2[N+](=O)[O-])CCC1N. The first-order chi connectivity index (χ1) is 9.56. The lowest BCUT2D eigenvalue weighted by Crippen LogP contribution is -2.47. The summed E-state index contributed by atoms with van der Waals surface area (Å²) in [6.07, 6.45) is 1.79. The van der Waals surface area contributed by atoms with Crippen LogP contribution in [0.4, 0.5) is 11.4 Å². The standard InChI is InChI=1S/C14H18N4O2/c1-2-11-9-17(6-5-12(11)16)13-4-3-10(8-15)7-14(13)18(19)20/h3-4,7,11-12H,2,5-6,9,16H2,1H3. The van der Waals surface area contributed by atoms with E-state index in [4.69, 9.17) is 11.0 Å². The maximum atomic E-state index is 11.2. The Morgan fingerprint density at radius 1 is 1.60 bits per heavy atom. The van der Waals surface area contributed by atoms with Crippen molar-refractivity contribution in [3.05, 3.63) is 33.9 Å². The van der Waals surface area contributed by atoms with Crippen LogP contribution in [0.3, 0.4) is 0 Å². The lowest BCUT2D eigenvalue weighted by atomic mass is 9.90. The van der Waals surface area contributed by atoms with Crippen molar-refractivity contribution in [2.45, 2.75) is 25.8 Å². The normalized spacial score (nSPS) is 22.4. The predicted molar refractivity (Wildman–Crippen MR) is 76.4 cm³/mol. The van der Waals surface area contributed by atoms with Crippen molar-refractivity contribution >= 4 is 11.4 Å². The third kappa shape index (κ3) is 2.73. The maximum Gasteiger partial charge on any atom is 0.293 e. The highest BCUT2D eigenvalue weighted by atomic mass is 16.6. The quantitative estimate of drug-likeness (QED) is 0.672. The zero-order valence-corrected chi connectivity index (χ0v) is 11.5. The van der Waals surface area contributed by atoms with E-state index in [1.165, 1.54) is 6.07 Å². The third-order valence-corrected chi connectivity index (χ3v) is 3.96. The van der Waals surface area contributed by atoms with Gasteiger partial charge >= 0.3 is 0 Å². The number of hydrogen-bond donors (Lipinski definition) is 1. The van der Waals surface area contributed by atoms with E-state index in [1.54, 1.807) is 12.1 Å². The lowest BCUT2D eigenvalue weighted by Gasteiger charge is -2.37. The van der Waals surface area contributed by atoms with Crippen molar-refractivity contribution in [3.8, 4) is 6.07 Å². The van der Waals surface area contributed by atoms with Gasteiger partial charge in [-0.3, -0.25) is 10.1 Å². The van der Waals surface area contributed by atoms with Crippen LogP contribution in [0, 0.1) is 27.4 Å². The minimum Gasteiger partial charge on any atom is -0.366 e. The van der Waals surface area contributed by atoms with E-state index in [1.807, 2.05) is 11.0 Å². The highest BCUT2D eigenvalue weighted by Gasteiger charge is 2.29. The first kappa shape index (κ1) is 14.3. The number of anilines is 1. The van der Waals surface area contributed by atoms with Crippen LogP contribution in [-0.2, 0) is 0 Å². The smallest absolute Gasteiger partial charge is 0.293 e. The van der Waals surface area contributed by atoms with Gasteiger partial charge in [0.25, 0.3) is 5.69 Å². The van der Waals surface area contributed by atoms with Crippen molar-refractivity contribution in [1.82, 2.24) is 0 Å². The van der Waals surface area contributed by atoms with Crippen molar-refractivity contribution in [3.63, 3.8) is 0 Å². The number of hydrogen-bond acceptors (Lipinski definition) is 5. The Kier molecular flexibility index (Phi) is 4.20. The van der Waals surface area contributed by atoms with Gasteiger partial charge in [-0.1, -0.05) is 13.3 Å². The number of nitriles is 1. The van der Waals surface area contributed by atoms with Crippen molar-refractivity contribution < 1.29 is 4.92 Å². The fourth-order valence-corrected chi connectivity index (χ4v) is 2.71. The second-order valence-corrected chi connectivity index (χ2v) is 5.14. The summed E-state index contributed by atoms with van der Waals surface area (Å²) in [5.41, 5.74) is 6.95. The van der Waals surface area contributed by atoms with Gasteiger partial charge in [0.2, 0.25) is 0 Å². The molecule has 20 heavy (non-hydrogen) atoms. The molecule has 1 fully saturated rings. The van der Waals surface area contributed by atoms with E-state index in [0.29, 0.717) is 23.7 Å². The minimum atomic E-state index is -0.425. The molecule has 106 valence electrons. The van der Waals surface area contributed by atoms with E-state index in [0.717, 1.165) is 19.4 Å². The van der Waals surface area contributed by atoms with Gasteiger partial charge in [0.05, 0.1) is 16.6 Å². The average Bonchev–Trinajstić information content (AvgIpc) is 2.47. The molecule has 0 amide bonds. The maximum absolute atomic E-state index is 11.2. The monoisotopic (exact) mass is 274 g/mol. The van der Waals surface area contributed by atoms with Crippen molar-refractivity contribution in [2.75, 3.05) is 18.0 Å². The molecule has 0 bridgehead atoms. The largest absolute Gasteiger partial charge is 0.366 e. The summed E-state index contributed by atoms with van der Waals surface area (Å²) < 4.78 is 0. The number of benzene rings is 1. The minimum absolute atomic E-state index is 0.00521. The Labute approximate surface area is 117 Å². The molecule has 2 rings (SSSR count). The Hall–Kier alpha value is -2.13. The van der Waals surface area contributed by atoms with Gasteiger partial charge in [0, 0.05) is 25.2 Å². The molecule has 1 aliphatic heterocycles. The second kappa shape index (κ2) is 5.88. The number of nitro benzene ring substituents is 1. The van der Waals surface area contributed by atoms with Gasteiger partial charge in [0.15, 0.2) is 0 Å². The topological polar surface area (TPSA) is 96.2 Å². The zero-order chi connectivity index (χ0) is 14.7. The molecule has 0 aromatic heterocycles. The number of rotatable bonds is 3. The molecular formula is C14H18N4O2. The van der Waals surface area contributed by atoms with Crippen LogP contribution in [0.25, 0.3) is 0 Å². The molecule has 1 aromatic rings. The second-order valence-electron chi connectivity index (χ2n) is 5.14. The predicted octanol–water partition coefficient (Wildman–Crippen LogP) is 2.03. The van der Waals surface area contributed by atoms with E-state index in [2.05, 4.69) is 6.92 Å². The van der Waals surface area contributed by atoms with Gasteiger partial charge in [-0.2, -0.15) is 5.26 Å². The Morgan fingerprint density at radius 3 is 2.95 bits per heavy atom. The molecule has 2 N–H and O–H groups in total. The van der Waals surface area contributed by atoms with E-state index >= 15 is 0 Å². The summed E-state index contributed by atoms with van der Waals surface area (Å²) in [6.45, 7) is 3.52. The van der Waals surface area contributed by atoms with Crippen LogP contribution in [-0.4, -0.2) is 24.1 Å². The van der Waals surface area contributed by atoms with Gasteiger partial charge in [-0.15, -0.1) is 0 Å². The van der Waals surface area contributed by atoms with E-state index in [-0.39, 0.29) is 11.7 Å². The molecule has 1 heterocycles. The summed E-state index contributed by atoms with van der Waals surface area (Å²) in [5.74, 6) is 0.346. The Morgan fingerprint density at radius 2 is 2.35 bits per heavy atom. The van der Waals surface area contributed by atoms with Crippen LogP contribution in [0.5, 0.6) is 0 Å². The molecule has 1 aromatic carbocycles. The van der Waals surface area contributed by atoms with Crippen molar-refractivity contribution in [2.24, 2.45) is 11.7 Å². The average molecular weight is 274 g/mol. The molecule has 1 saturated heterocycles. The highest BCUT2D eigenvalue weighted by Crippen LogP contribution is 2.32. The number of nitrogens with zero attached hydrogens (tertiary/aromatic N) is 3. The summed E-state index contributed by atoms with van der Waals surface area (Å²) in [5, 5.41) is 20.0. The first-order valence-corrected chi connectivity index (χ1v) is 6.75. The van der Waals surface area contributed by atoms with Gasteiger partial charge < -0.3 is 10.6 Å². The molecule has 2 unspecified atom stereocenters. The Bertz CT molecular complexity index is 553. The van der Waals surface area contributed by atoms with Crippen LogP contribution >= 0.6 is 0 Å². The number of nitrogens with two attached hydrogens (primary N) is 1. The van der Waals surface area contributed by atoms with Crippen molar-refractivity contribution in [1.29, 1.82) is 5.26 Å². The lowest BCUT2D eigenvalue weighted by molar-refractivity contribution is -0.384. The van der Waals surface area contributed by atoms with E-state index < -0.39 is 4.92 Å². The summed E-state index contributed by atoms with van der Waals surface area (Å²) >= 11 is 0. The highest BCUT2D eigenvalue weighted by molar-refractivity contribution is 5.65. The van der Waals surface area contributed by atoms with Crippen LogP contribution in [0.15, 0.2) is 18.2 Å². The zero-order valence-electron chi connectivity index (χ0n) is 11.5.